The van der Waals surface area contributed by atoms with E-state index in [2.05, 4.69) is 22.9 Å². The van der Waals surface area contributed by atoms with Crippen LogP contribution in [0.15, 0.2) is 30.5 Å². The number of aryl methyl sites for hydroxylation is 1. The Hall–Kier alpha value is -1.79. The van der Waals surface area contributed by atoms with Gasteiger partial charge in [0, 0.05) is 24.7 Å². The standard InChI is InChI=1S/C14H16N2O/c15-7-2-1-3-8-16-9-6-13-10-12(11-17)4-5-14(13)16/h4-6,9-10,17H,1-3,8,11H2. The molecule has 0 saturated carbocycles. The van der Waals surface area contributed by atoms with Gasteiger partial charge < -0.3 is 9.67 Å². The topological polar surface area (TPSA) is 49.0 Å². The summed E-state index contributed by atoms with van der Waals surface area (Å²) in [6.45, 7) is 1.03. The molecule has 0 aliphatic rings. The van der Waals surface area contributed by atoms with Gasteiger partial charge in [-0.1, -0.05) is 6.07 Å². The largest absolute Gasteiger partial charge is 0.392 e. The van der Waals surface area contributed by atoms with Gasteiger partial charge in [-0.2, -0.15) is 5.26 Å². The molecule has 1 N–H and O–H groups in total. The van der Waals surface area contributed by atoms with E-state index in [1.165, 1.54) is 5.52 Å². The molecule has 88 valence electrons. The summed E-state index contributed by atoms with van der Waals surface area (Å²) < 4.78 is 2.20. The van der Waals surface area contributed by atoms with E-state index in [0.717, 1.165) is 30.3 Å². The van der Waals surface area contributed by atoms with Crippen molar-refractivity contribution in [1.82, 2.24) is 4.57 Å². The number of aliphatic hydroxyl groups excluding tert-OH is 1. The Bertz CT molecular complexity index is 537. The zero-order valence-corrected chi connectivity index (χ0v) is 9.76. The van der Waals surface area contributed by atoms with E-state index in [1.54, 1.807) is 0 Å². The monoisotopic (exact) mass is 228 g/mol. The number of aliphatic hydroxyl groups is 1. The van der Waals surface area contributed by atoms with Gasteiger partial charge in [-0.05, 0) is 42.0 Å². The maximum Gasteiger partial charge on any atom is 0.0682 e. The number of unbranched alkanes of at least 4 members (excludes halogenated alkanes) is 2. The number of hydrogen-bond acceptors (Lipinski definition) is 2. The van der Waals surface area contributed by atoms with Crippen molar-refractivity contribution in [1.29, 1.82) is 5.26 Å². The van der Waals surface area contributed by atoms with E-state index in [-0.39, 0.29) is 6.61 Å². The van der Waals surface area contributed by atoms with Gasteiger partial charge >= 0.3 is 0 Å². The highest BCUT2D eigenvalue weighted by Crippen LogP contribution is 2.18. The SMILES string of the molecule is N#CCCCCn1ccc2cc(CO)ccc21. The van der Waals surface area contributed by atoms with Gasteiger partial charge in [0.05, 0.1) is 12.7 Å². The average Bonchev–Trinajstić information content (AvgIpc) is 2.77. The highest BCUT2D eigenvalue weighted by Gasteiger charge is 2.01. The number of nitrogens with zero attached hydrogens (tertiary/aromatic N) is 2. The molecule has 0 atom stereocenters. The molecule has 2 rings (SSSR count). The van der Waals surface area contributed by atoms with Crippen LogP contribution < -0.4 is 0 Å². The highest BCUT2D eigenvalue weighted by molar-refractivity contribution is 5.80. The van der Waals surface area contributed by atoms with E-state index in [1.807, 2.05) is 18.2 Å². The summed E-state index contributed by atoms with van der Waals surface area (Å²) in [7, 11) is 0. The average molecular weight is 228 g/mol. The fraction of sp³-hybridized carbons (Fsp3) is 0.357. The molecule has 3 heteroatoms. The quantitative estimate of drug-likeness (QED) is 0.800. The second-order valence-corrected chi connectivity index (χ2v) is 4.18. The molecule has 0 aliphatic carbocycles. The van der Waals surface area contributed by atoms with Crippen LogP contribution in [0.3, 0.4) is 0 Å². The van der Waals surface area contributed by atoms with Crippen molar-refractivity contribution in [2.75, 3.05) is 0 Å². The van der Waals surface area contributed by atoms with Gasteiger partial charge in [-0.3, -0.25) is 0 Å². The first-order chi connectivity index (χ1) is 8.35. The van der Waals surface area contributed by atoms with Gasteiger partial charge in [0.25, 0.3) is 0 Å². The maximum absolute atomic E-state index is 9.07. The predicted octanol–water partition coefficient (Wildman–Crippen LogP) is 2.83. The van der Waals surface area contributed by atoms with Crippen LogP contribution in [0.2, 0.25) is 0 Å². The van der Waals surface area contributed by atoms with Crippen LogP contribution in [0, 0.1) is 11.3 Å². The highest BCUT2D eigenvalue weighted by atomic mass is 16.3. The van der Waals surface area contributed by atoms with Crippen LogP contribution >= 0.6 is 0 Å². The Morgan fingerprint density at radius 3 is 2.88 bits per heavy atom. The molecule has 1 aromatic heterocycles. The first-order valence-corrected chi connectivity index (χ1v) is 5.91. The minimum Gasteiger partial charge on any atom is -0.392 e. The van der Waals surface area contributed by atoms with E-state index >= 15 is 0 Å². The molecular weight excluding hydrogens is 212 g/mol. The van der Waals surface area contributed by atoms with Crippen molar-refractivity contribution in [3.63, 3.8) is 0 Å². The fourth-order valence-corrected chi connectivity index (χ4v) is 2.03. The minimum atomic E-state index is 0.0866. The molecule has 1 aromatic carbocycles. The number of nitriles is 1. The normalized spacial score (nSPS) is 10.6. The van der Waals surface area contributed by atoms with Gasteiger partial charge in [0.2, 0.25) is 0 Å². The van der Waals surface area contributed by atoms with E-state index in [9.17, 15) is 0 Å². The minimum absolute atomic E-state index is 0.0866. The molecule has 17 heavy (non-hydrogen) atoms. The van der Waals surface area contributed by atoms with Crippen LogP contribution in [0.4, 0.5) is 0 Å². The van der Waals surface area contributed by atoms with Crippen LogP contribution in [-0.2, 0) is 13.2 Å². The third-order valence-electron chi connectivity index (χ3n) is 2.96. The summed E-state index contributed by atoms with van der Waals surface area (Å²) >= 11 is 0. The molecule has 0 unspecified atom stereocenters. The molecule has 0 saturated heterocycles. The van der Waals surface area contributed by atoms with Crippen LogP contribution in [-0.4, -0.2) is 9.67 Å². The Morgan fingerprint density at radius 1 is 1.24 bits per heavy atom. The van der Waals surface area contributed by atoms with Crippen LogP contribution in [0.25, 0.3) is 10.9 Å². The van der Waals surface area contributed by atoms with Gasteiger partial charge in [0.15, 0.2) is 0 Å². The van der Waals surface area contributed by atoms with Crippen LogP contribution in [0.5, 0.6) is 0 Å². The number of hydrogen-bond donors (Lipinski definition) is 1. The summed E-state index contributed by atoms with van der Waals surface area (Å²) in [4.78, 5) is 0. The predicted molar refractivity (Wildman–Crippen MR) is 67.3 cm³/mol. The molecule has 0 spiro atoms. The third-order valence-corrected chi connectivity index (χ3v) is 2.96. The molecular formula is C14H16N2O. The fourth-order valence-electron chi connectivity index (χ4n) is 2.03. The summed E-state index contributed by atoms with van der Waals surface area (Å²) in [5, 5.41) is 18.7. The van der Waals surface area contributed by atoms with Gasteiger partial charge in [0.1, 0.15) is 0 Å². The lowest BCUT2D eigenvalue weighted by atomic mass is 10.2. The smallest absolute Gasteiger partial charge is 0.0682 e. The van der Waals surface area contributed by atoms with Crippen molar-refractivity contribution in [3.05, 3.63) is 36.0 Å². The van der Waals surface area contributed by atoms with Crippen molar-refractivity contribution in [3.8, 4) is 6.07 Å². The molecule has 2 aromatic rings. The number of rotatable bonds is 5. The number of aromatic nitrogens is 1. The molecule has 0 amide bonds. The lowest BCUT2D eigenvalue weighted by Gasteiger charge is -2.04. The Labute approximate surface area is 101 Å². The van der Waals surface area contributed by atoms with Crippen molar-refractivity contribution >= 4 is 10.9 Å². The first-order valence-electron chi connectivity index (χ1n) is 5.91. The Morgan fingerprint density at radius 2 is 2.12 bits per heavy atom. The Balaban J connectivity index is 2.11. The first kappa shape index (κ1) is 11.7. The second-order valence-electron chi connectivity index (χ2n) is 4.18. The molecule has 0 aliphatic heterocycles. The zero-order chi connectivity index (χ0) is 12.1. The summed E-state index contributed by atoms with van der Waals surface area (Å²) in [6, 6.07) is 10.2. The summed E-state index contributed by atoms with van der Waals surface area (Å²) in [5.41, 5.74) is 2.14. The Kier molecular flexibility index (Phi) is 3.79. The molecule has 0 radical (unpaired) electrons. The molecule has 3 nitrogen and oxygen atoms in total. The summed E-state index contributed by atoms with van der Waals surface area (Å²) in [5.74, 6) is 0. The van der Waals surface area contributed by atoms with Gasteiger partial charge in [-0.25, -0.2) is 0 Å². The molecule has 0 bridgehead atoms. The number of benzene rings is 1. The zero-order valence-electron chi connectivity index (χ0n) is 9.76. The van der Waals surface area contributed by atoms with Crippen molar-refractivity contribution in [2.24, 2.45) is 0 Å². The van der Waals surface area contributed by atoms with Gasteiger partial charge in [-0.15, -0.1) is 0 Å². The van der Waals surface area contributed by atoms with E-state index in [4.69, 9.17) is 10.4 Å². The second kappa shape index (κ2) is 5.51. The molecule has 1 heterocycles. The molecule has 0 fully saturated rings. The van der Waals surface area contributed by atoms with Crippen molar-refractivity contribution in [2.45, 2.75) is 32.4 Å². The van der Waals surface area contributed by atoms with E-state index < -0.39 is 0 Å². The third kappa shape index (κ3) is 2.66. The summed E-state index contributed by atoms with van der Waals surface area (Å²) in [6.07, 6.45) is 4.68. The van der Waals surface area contributed by atoms with Crippen LogP contribution in [0.1, 0.15) is 24.8 Å². The lowest BCUT2D eigenvalue weighted by molar-refractivity contribution is 0.282. The number of fused-ring (bicyclic) bond motifs is 1. The lowest BCUT2D eigenvalue weighted by Crippen LogP contribution is -1.95. The maximum atomic E-state index is 9.07. The van der Waals surface area contributed by atoms with E-state index in [0.29, 0.717) is 6.42 Å². The van der Waals surface area contributed by atoms with Crippen molar-refractivity contribution < 1.29 is 5.11 Å².